The molecule has 4 aliphatic carbocycles. The number of aromatic nitrogens is 2. The number of amides is 1. The van der Waals surface area contributed by atoms with Crippen LogP contribution in [0.3, 0.4) is 0 Å². The third kappa shape index (κ3) is 4.94. The van der Waals surface area contributed by atoms with Crippen molar-refractivity contribution >= 4 is 15.9 Å². The van der Waals surface area contributed by atoms with Crippen molar-refractivity contribution in [3.05, 3.63) is 18.6 Å². The molecule has 3 N–H and O–H groups in total. The van der Waals surface area contributed by atoms with Gasteiger partial charge < -0.3 is 10.2 Å². The van der Waals surface area contributed by atoms with E-state index in [9.17, 15) is 23.4 Å². The smallest absolute Gasteiger partial charge is 0.283 e. The number of carbonyl (C=O) groups is 1. The number of hydrogen-bond acceptors (Lipinski definition) is 7. The van der Waals surface area contributed by atoms with Crippen molar-refractivity contribution in [1.82, 2.24) is 14.7 Å². The predicted octanol–water partition coefficient (Wildman–Crippen LogP) is 4.32. The van der Waals surface area contributed by atoms with Gasteiger partial charge in [0.25, 0.3) is 10.0 Å². The quantitative estimate of drug-likeness (QED) is 0.452. The summed E-state index contributed by atoms with van der Waals surface area (Å²) in [5, 5.41) is 22.1. The molecule has 39 heavy (non-hydrogen) atoms. The van der Waals surface area contributed by atoms with Crippen LogP contribution in [0.2, 0.25) is 0 Å². The van der Waals surface area contributed by atoms with E-state index in [1.54, 1.807) is 0 Å². The van der Waals surface area contributed by atoms with Crippen molar-refractivity contribution in [2.75, 3.05) is 0 Å². The fourth-order valence-corrected chi connectivity index (χ4v) is 11.1. The molecule has 0 aromatic carbocycles. The first-order valence-corrected chi connectivity index (χ1v) is 16.6. The van der Waals surface area contributed by atoms with Gasteiger partial charge in [-0.2, -0.15) is 8.42 Å². The lowest BCUT2D eigenvalue weighted by Crippen LogP contribution is -2.62. The van der Waals surface area contributed by atoms with Gasteiger partial charge in [-0.3, -0.25) is 9.78 Å². The highest BCUT2D eigenvalue weighted by molar-refractivity contribution is 7.90. The Hall–Kier alpha value is -1.58. The molecule has 1 heterocycles. The van der Waals surface area contributed by atoms with E-state index in [0.29, 0.717) is 36.0 Å². The van der Waals surface area contributed by atoms with Gasteiger partial charge in [-0.05, 0) is 104 Å². The molecule has 0 saturated heterocycles. The zero-order valence-electron chi connectivity index (χ0n) is 23.9. The molecule has 4 saturated carbocycles. The molecule has 0 spiro atoms. The van der Waals surface area contributed by atoms with Crippen LogP contribution in [-0.2, 0) is 14.8 Å². The molecule has 4 aliphatic rings. The maximum absolute atomic E-state index is 12.6. The van der Waals surface area contributed by atoms with Crippen molar-refractivity contribution in [3.63, 3.8) is 0 Å². The summed E-state index contributed by atoms with van der Waals surface area (Å²) in [5.74, 6) is 2.09. The molecular weight excluding hydrogens is 514 g/mol. The highest BCUT2D eigenvalue weighted by atomic mass is 32.2. The number of carbonyl (C=O) groups excluding carboxylic acids is 1. The molecule has 8 nitrogen and oxygen atoms in total. The second kappa shape index (κ2) is 10.7. The minimum atomic E-state index is -4.02. The van der Waals surface area contributed by atoms with Crippen LogP contribution in [-0.4, -0.2) is 46.7 Å². The third-order valence-corrected chi connectivity index (χ3v) is 13.3. The summed E-state index contributed by atoms with van der Waals surface area (Å²) in [5.41, 5.74) is 0.293. The van der Waals surface area contributed by atoms with Gasteiger partial charge in [-0.25, -0.2) is 9.71 Å². The van der Waals surface area contributed by atoms with E-state index in [1.165, 1.54) is 12.4 Å². The van der Waals surface area contributed by atoms with Gasteiger partial charge in [0.05, 0.1) is 18.4 Å². The van der Waals surface area contributed by atoms with E-state index < -0.39 is 15.9 Å². The van der Waals surface area contributed by atoms with E-state index in [1.807, 2.05) is 0 Å². The van der Waals surface area contributed by atoms with Gasteiger partial charge in [-0.15, -0.1) is 0 Å². The maximum Gasteiger partial charge on any atom is 0.283 e. The predicted molar refractivity (Wildman–Crippen MR) is 148 cm³/mol. The Morgan fingerprint density at radius 3 is 2.49 bits per heavy atom. The summed E-state index contributed by atoms with van der Waals surface area (Å²) in [6, 6.07) is 0. The van der Waals surface area contributed by atoms with Crippen molar-refractivity contribution < 1.29 is 23.4 Å². The van der Waals surface area contributed by atoms with Crippen molar-refractivity contribution in [2.24, 2.45) is 52.3 Å². The van der Waals surface area contributed by atoms with Gasteiger partial charge in [0, 0.05) is 18.8 Å². The molecule has 0 radical (unpaired) electrons. The van der Waals surface area contributed by atoms with E-state index in [4.69, 9.17) is 0 Å². The average molecular weight is 562 g/mol. The van der Waals surface area contributed by atoms with Crippen LogP contribution in [0.4, 0.5) is 0 Å². The van der Waals surface area contributed by atoms with Crippen molar-refractivity contribution in [3.8, 4) is 0 Å². The number of nitrogens with zero attached hydrogens (tertiary/aromatic N) is 2. The highest BCUT2D eigenvalue weighted by Gasteiger charge is 2.64. The van der Waals surface area contributed by atoms with Gasteiger partial charge >= 0.3 is 0 Å². The Morgan fingerprint density at radius 1 is 1.08 bits per heavy atom. The van der Waals surface area contributed by atoms with Gasteiger partial charge in [0.1, 0.15) is 0 Å². The summed E-state index contributed by atoms with van der Waals surface area (Å²) in [6.07, 6.45) is 12.2. The van der Waals surface area contributed by atoms with Gasteiger partial charge in [-0.1, -0.05) is 34.1 Å². The first-order valence-electron chi connectivity index (χ1n) is 15.1. The average Bonchev–Trinajstić information content (AvgIpc) is 3.26. The Morgan fingerprint density at radius 2 is 1.79 bits per heavy atom. The Kier molecular flexibility index (Phi) is 7.92. The molecule has 11 atom stereocenters. The Balaban J connectivity index is 1.27. The number of nitrogens with one attached hydrogen (secondary N) is 1. The molecule has 1 aromatic heterocycles. The summed E-state index contributed by atoms with van der Waals surface area (Å²) >= 11 is 0. The molecule has 218 valence electrons. The minimum Gasteiger partial charge on any atom is -0.393 e. The summed E-state index contributed by atoms with van der Waals surface area (Å²) in [4.78, 5) is 20.2. The lowest BCUT2D eigenvalue weighted by molar-refractivity contribution is -0.203. The van der Waals surface area contributed by atoms with Crippen LogP contribution < -0.4 is 4.72 Å². The third-order valence-electron chi connectivity index (χ3n) is 12.0. The van der Waals surface area contributed by atoms with E-state index in [2.05, 4.69) is 42.4 Å². The van der Waals surface area contributed by atoms with Crippen LogP contribution >= 0.6 is 0 Å². The fourth-order valence-electron chi connectivity index (χ4n) is 10.2. The molecular formula is C30H47N3O5S. The first-order chi connectivity index (χ1) is 18.4. The maximum atomic E-state index is 12.6. The SMILES string of the molecule is CC[C@@H]1C2C[C@H](O)CCC2(C)[C@H]2CCC3(C)C([C@H](C)CCC(=O)NS(=O)(=O)c4cnccn4)CC[C@H]3[C@@H]2[C@@H]1O. The van der Waals surface area contributed by atoms with Crippen LogP contribution in [0, 0.1) is 52.3 Å². The largest absolute Gasteiger partial charge is 0.393 e. The van der Waals surface area contributed by atoms with Gasteiger partial charge in [0.2, 0.25) is 5.91 Å². The van der Waals surface area contributed by atoms with Crippen LogP contribution in [0.1, 0.15) is 91.9 Å². The van der Waals surface area contributed by atoms with Gasteiger partial charge in [0.15, 0.2) is 5.03 Å². The van der Waals surface area contributed by atoms with Crippen LogP contribution in [0.25, 0.3) is 0 Å². The molecule has 0 bridgehead atoms. The molecule has 4 fully saturated rings. The van der Waals surface area contributed by atoms with Crippen molar-refractivity contribution in [1.29, 1.82) is 0 Å². The van der Waals surface area contributed by atoms with Crippen LogP contribution in [0.15, 0.2) is 23.6 Å². The zero-order valence-corrected chi connectivity index (χ0v) is 24.7. The topological polar surface area (TPSA) is 129 Å². The lowest BCUT2D eigenvalue weighted by Gasteiger charge is -2.64. The molecule has 4 unspecified atom stereocenters. The number of fused-ring (bicyclic) bond motifs is 5. The monoisotopic (exact) mass is 561 g/mol. The zero-order chi connectivity index (χ0) is 28.2. The number of sulfonamides is 1. The molecule has 5 rings (SSSR count). The van der Waals surface area contributed by atoms with E-state index in [-0.39, 0.29) is 46.3 Å². The molecule has 0 aliphatic heterocycles. The number of aliphatic hydroxyl groups excluding tert-OH is 2. The normalized spacial score (nSPS) is 42.6. The summed E-state index contributed by atoms with van der Waals surface area (Å²) in [6.45, 7) is 9.29. The minimum absolute atomic E-state index is 0.111. The van der Waals surface area contributed by atoms with Crippen LogP contribution in [0.5, 0.6) is 0 Å². The second-order valence-electron chi connectivity index (χ2n) is 13.7. The van der Waals surface area contributed by atoms with E-state index >= 15 is 0 Å². The summed E-state index contributed by atoms with van der Waals surface area (Å²) < 4.78 is 27.1. The molecule has 1 aromatic rings. The lowest BCUT2D eigenvalue weighted by atomic mass is 9.41. The standard InChI is InChI=1S/C30H47N3O5S/c1-5-20-24-16-19(34)10-12-30(24,4)23-11-13-29(3)21(7-8-22(29)27(23)28(20)36)18(2)6-9-25(35)33-39(37,38)26-17-31-14-15-32-26/h14-15,17-24,27-28,34,36H,5-13,16H2,1-4H3,(H,33,35)/t18-,19-,20-,21?,22+,23+,24?,27+,28-,29?,30?/m1/s1. The highest BCUT2D eigenvalue weighted by Crippen LogP contribution is 2.69. The number of aliphatic hydroxyl groups is 2. The number of hydrogen-bond donors (Lipinski definition) is 3. The fraction of sp³-hybridized carbons (Fsp3) is 0.833. The Labute approximate surface area is 233 Å². The van der Waals surface area contributed by atoms with Crippen molar-refractivity contribution in [2.45, 2.75) is 109 Å². The Bertz CT molecular complexity index is 1150. The number of rotatable bonds is 7. The first kappa shape index (κ1) is 28.9. The summed E-state index contributed by atoms with van der Waals surface area (Å²) in [7, 11) is -4.02. The van der Waals surface area contributed by atoms with E-state index in [0.717, 1.165) is 57.6 Å². The second-order valence-corrected chi connectivity index (χ2v) is 15.3. The molecule has 9 heteroatoms. The molecule has 1 amide bonds.